The molecule has 138 valence electrons. The van der Waals surface area contributed by atoms with Crippen LogP contribution in [0.15, 0.2) is 21.9 Å². The van der Waals surface area contributed by atoms with Crippen LogP contribution in [0.5, 0.6) is 0 Å². The van der Waals surface area contributed by atoms with Gasteiger partial charge in [0.1, 0.15) is 5.76 Å². The van der Waals surface area contributed by atoms with Gasteiger partial charge in [-0.2, -0.15) is 5.10 Å². The van der Waals surface area contributed by atoms with E-state index in [1.165, 1.54) is 5.56 Å². The third-order valence-electron chi connectivity index (χ3n) is 4.04. The predicted octanol–water partition coefficient (Wildman–Crippen LogP) is 2.22. The summed E-state index contributed by atoms with van der Waals surface area (Å²) in [4.78, 5) is 4.70. The zero-order chi connectivity index (χ0) is 18.1. The molecule has 2 aromatic rings. The fraction of sp³-hybridized carbons (Fsp3) is 0.611. The molecule has 0 aliphatic rings. The van der Waals surface area contributed by atoms with Crippen molar-refractivity contribution in [2.24, 2.45) is 12.0 Å². The third kappa shape index (κ3) is 5.62. The molecule has 0 aliphatic carbocycles. The number of hydrogen-bond donors (Lipinski definition) is 2. The first-order chi connectivity index (χ1) is 12.2. The molecule has 0 saturated carbocycles. The van der Waals surface area contributed by atoms with E-state index >= 15 is 0 Å². The zero-order valence-electron chi connectivity index (χ0n) is 15.8. The van der Waals surface area contributed by atoms with Crippen LogP contribution in [0.2, 0.25) is 0 Å². The van der Waals surface area contributed by atoms with Crippen molar-refractivity contribution in [3.63, 3.8) is 0 Å². The lowest BCUT2D eigenvalue weighted by Gasteiger charge is -2.11. The van der Waals surface area contributed by atoms with Crippen molar-refractivity contribution in [1.82, 2.24) is 25.6 Å². The van der Waals surface area contributed by atoms with Crippen molar-refractivity contribution >= 4 is 5.96 Å². The smallest absolute Gasteiger partial charge is 0.191 e. The molecule has 7 nitrogen and oxygen atoms in total. The first-order valence-corrected chi connectivity index (χ1v) is 9.13. The summed E-state index contributed by atoms with van der Waals surface area (Å²) in [5.41, 5.74) is 3.39. The van der Waals surface area contributed by atoms with Crippen molar-refractivity contribution in [2.45, 2.75) is 53.0 Å². The van der Waals surface area contributed by atoms with E-state index in [0.29, 0.717) is 6.54 Å². The third-order valence-corrected chi connectivity index (χ3v) is 4.04. The summed E-state index contributed by atoms with van der Waals surface area (Å²) < 4.78 is 7.25. The van der Waals surface area contributed by atoms with Crippen LogP contribution in [0.1, 0.15) is 49.8 Å². The Bertz CT molecular complexity index is 651. The summed E-state index contributed by atoms with van der Waals surface area (Å²) in [6.07, 6.45) is 7.72. The first kappa shape index (κ1) is 19.0. The van der Waals surface area contributed by atoms with E-state index in [2.05, 4.69) is 47.9 Å². The fourth-order valence-corrected chi connectivity index (χ4v) is 2.72. The Morgan fingerprint density at radius 2 is 2.08 bits per heavy atom. The number of nitrogens with zero attached hydrogens (tertiary/aromatic N) is 4. The van der Waals surface area contributed by atoms with E-state index in [1.54, 1.807) is 0 Å². The number of rotatable bonds is 9. The van der Waals surface area contributed by atoms with Gasteiger partial charge >= 0.3 is 0 Å². The molecule has 0 fully saturated rings. The van der Waals surface area contributed by atoms with Gasteiger partial charge in [-0.05, 0) is 31.7 Å². The topological polar surface area (TPSA) is 80.3 Å². The number of aliphatic imine (C=N–C) groups is 1. The van der Waals surface area contributed by atoms with Crippen LogP contribution in [0.4, 0.5) is 0 Å². The fourth-order valence-electron chi connectivity index (χ4n) is 2.72. The maximum Gasteiger partial charge on any atom is 0.191 e. The lowest BCUT2D eigenvalue weighted by Crippen LogP contribution is -2.37. The highest BCUT2D eigenvalue weighted by Crippen LogP contribution is 2.16. The van der Waals surface area contributed by atoms with Gasteiger partial charge in [0.25, 0.3) is 0 Å². The van der Waals surface area contributed by atoms with E-state index < -0.39 is 0 Å². The molecule has 0 spiro atoms. The number of aromatic nitrogens is 3. The second-order valence-corrected chi connectivity index (χ2v) is 5.99. The molecule has 2 aromatic heterocycles. The Hall–Kier alpha value is -2.31. The van der Waals surface area contributed by atoms with Gasteiger partial charge in [0.2, 0.25) is 0 Å². The summed E-state index contributed by atoms with van der Waals surface area (Å²) in [5.74, 6) is 1.77. The average molecular weight is 346 g/mol. The van der Waals surface area contributed by atoms with E-state index in [9.17, 15) is 0 Å². The molecule has 2 heterocycles. The van der Waals surface area contributed by atoms with Gasteiger partial charge in [0.15, 0.2) is 5.96 Å². The second-order valence-electron chi connectivity index (χ2n) is 5.99. The van der Waals surface area contributed by atoms with Gasteiger partial charge in [-0.3, -0.25) is 4.68 Å². The summed E-state index contributed by atoms with van der Waals surface area (Å²) in [6.45, 7) is 8.53. The molecule has 0 radical (unpaired) electrons. The Morgan fingerprint density at radius 1 is 1.24 bits per heavy atom. The van der Waals surface area contributed by atoms with Gasteiger partial charge in [0, 0.05) is 38.3 Å². The van der Waals surface area contributed by atoms with E-state index in [-0.39, 0.29) is 0 Å². The van der Waals surface area contributed by atoms with Crippen LogP contribution in [0.3, 0.4) is 0 Å². The summed E-state index contributed by atoms with van der Waals surface area (Å²) in [6, 6.07) is 0. The van der Waals surface area contributed by atoms with Crippen molar-refractivity contribution in [1.29, 1.82) is 0 Å². The highest BCUT2D eigenvalue weighted by atomic mass is 16.5. The summed E-state index contributed by atoms with van der Waals surface area (Å²) in [5, 5.41) is 15.0. The minimum absolute atomic E-state index is 0.591. The van der Waals surface area contributed by atoms with Gasteiger partial charge in [0.05, 0.1) is 18.4 Å². The van der Waals surface area contributed by atoms with Crippen LogP contribution >= 0.6 is 0 Å². The van der Waals surface area contributed by atoms with E-state index in [1.807, 2.05) is 17.9 Å². The Labute approximate surface area is 149 Å². The molecular weight excluding hydrogens is 316 g/mol. The molecule has 0 aromatic carbocycles. The minimum atomic E-state index is 0.591. The number of aryl methyl sites for hydroxylation is 4. The Morgan fingerprint density at radius 3 is 2.72 bits per heavy atom. The van der Waals surface area contributed by atoms with Gasteiger partial charge in [-0.15, -0.1) is 0 Å². The molecule has 7 heteroatoms. The Kier molecular flexibility index (Phi) is 7.50. The van der Waals surface area contributed by atoms with E-state index in [0.717, 1.165) is 61.7 Å². The lowest BCUT2D eigenvalue weighted by atomic mass is 10.1. The molecule has 2 rings (SSSR count). The van der Waals surface area contributed by atoms with Crippen LogP contribution < -0.4 is 10.6 Å². The number of guanidine groups is 1. The zero-order valence-corrected chi connectivity index (χ0v) is 15.8. The van der Waals surface area contributed by atoms with E-state index in [4.69, 9.17) is 9.52 Å². The maximum absolute atomic E-state index is 5.41. The molecule has 0 unspecified atom stereocenters. The van der Waals surface area contributed by atoms with Crippen molar-refractivity contribution in [2.75, 3.05) is 13.1 Å². The monoisotopic (exact) mass is 346 g/mol. The largest absolute Gasteiger partial charge is 0.361 e. The highest BCUT2D eigenvalue weighted by Gasteiger charge is 2.13. The SMILES string of the molecule is CCNC(=NCc1c(CC)noc1CC)NCCCc1cnn(C)c1. The quantitative estimate of drug-likeness (QED) is 0.413. The highest BCUT2D eigenvalue weighted by molar-refractivity contribution is 5.79. The van der Waals surface area contributed by atoms with Crippen LogP contribution in [0.25, 0.3) is 0 Å². The van der Waals surface area contributed by atoms with Gasteiger partial charge in [-0.25, -0.2) is 4.99 Å². The molecule has 25 heavy (non-hydrogen) atoms. The molecule has 0 bridgehead atoms. The van der Waals surface area contributed by atoms with Crippen LogP contribution in [-0.4, -0.2) is 34.0 Å². The molecule has 0 amide bonds. The molecular formula is C18H30N6O. The molecule has 0 atom stereocenters. The lowest BCUT2D eigenvalue weighted by molar-refractivity contribution is 0.380. The van der Waals surface area contributed by atoms with Crippen LogP contribution in [0, 0.1) is 0 Å². The van der Waals surface area contributed by atoms with Crippen LogP contribution in [-0.2, 0) is 32.9 Å². The summed E-state index contributed by atoms with van der Waals surface area (Å²) in [7, 11) is 1.94. The number of nitrogens with one attached hydrogen (secondary N) is 2. The molecule has 0 saturated heterocycles. The minimum Gasteiger partial charge on any atom is -0.361 e. The van der Waals surface area contributed by atoms with Crippen molar-refractivity contribution in [3.05, 3.63) is 35.0 Å². The first-order valence-electron chi connectivity index (χ1n) is 9.13. The average Bonchev–Trinajstić information content (AvgIpc) is 3.21. The van der Waals surface area contributed by atoms with Crippen molar-refractivity contribution < 1.29 is 4.52 Å². The van der Waals surface area contributed by atoms with Gasteiger partial charge in [-0.1, -0.05) is 19.0 Å². The van der Waals surface area contributed by atoms with Crippen molar-refractivity contribution in [3.8, 4) is 0 Å². The normalized spacial score (nSPS) is 11.8. The molecule has 0 aliphatic heterocycles. The van der Waals surface area contributed by atoms with Gasteiger partial charge < -0.3 is 15.2 Å². The number of hydrogen-bond acceptors (Lipinski definition) is 4. The summed E-state index contributed by atoms with van der Waals surface area (Å²) >= 11 is 0. The maximum atomic E-state index is 5.41. The standard InChI is InChI=1S/C18H30N6O/c1-5-16-15(17(6-2)25-23-16)12-21-18(19-7-3)20-10-8-9-14-11-22-24(4)13-14/h11,13H,5-10,12H2,1-4H3,(H2,19,20,21). The molecule has 2 N–H and O–H groups in total. The Balaban J connectivity index is 1.88. The predicted molar refractivity (Wildman–Crippen MR) is 99.6 cm³/mol. The second kappa shape index (κ2) is 9.86.